The van der Waals surface area contributed by atoms with E-state index in [-0.39, 0.29) is 23.6 Å². The summed E-state index contributed by atoms with van der Waals surface area (Å²) >= 11 is 6.39. The van der Waals surface area contributed by atoms with Crippen LogP contribution in [0.3, 0.4) is 0 Å². The van der Waals surface area contributed by atoms with E-state index in [2.05, 4.69) is 11.8 Å². The maximum Gasteiger partial charge on any atom is 0.154 e. The smallest absolute Gasteiger partial charge is 0.154 e. The van der Waals surface area contributed by atoms with Crippen molar-refractivity contribution < 1.29 is 8.42 Å². The maximum atomic E-state index is 11.8. The van der Waals surface area contributed by atoms with Crippen molar-refractivity contribution in [3.05, 3.63) is 28.8 Å². The summed E-state index contributed by atoms with van der Waals surface area (Å²) in [6, 6.07) is 5.83. The van der Waals surface area contributed by atoms with Crippen LogP contribution in [0.25, 0.3) is 0 Å². The first-order valence-electron chi connectivity index (χ1n) is 7.34. The second kappa shape index (κ2) is 6.55. The number of anilines is 1. The molecule has 0 aromatic heterocycles. The predicted octanol–water partition coefficient (Wildman–Crippen LogP) is 2.24. The van der Waals surface area contributed by atoms with Crippen LogP contribution in [0.5, 0.6) is 0 Å². The standard InChI is InChI=1S/C15H23ClN2O2S/c1-3-13(17)9-12-5-4-6-14(16)15(12)18-7-8-21(19,20)10-11(18)2/h4-6,11,13H,3,7-10,17H2,1-2H3. The minimum atomic E-state index is -2.94. The Kier molecular flexibility index (Phi) is 5.17. The molecule has 1 fully saturated rings. The van der Waals surface area contributed by atoms with Gasteiger partial charge in [-0.1, -0.05) is 30.7 Å². The van der Waals surface area contributed by atoms with Crippen molar-refractivity contribution in [1.29, 1.82) is 0 Å². The van der Waals surface area contributed by atoms with E-state index in [1.165, 1.54) is 0 Å². The number of sulfone groups is 1. The fourth-order valence-corrected chi connectivity index (χ4v) is 4.66. The second-order valence-electron chi connectivity index (χ2n) is 5.78. The third kappa shape index (κ3) is 3.90. The molecule has 0 radical (unpaired) electrons. The van der Waals surface area contributed by atoms with E-state index in [1.807, 2.05) is 25.1 Å². The van der Waals surface area contributed by atoms with Gasteiger partial charge in [0, 0.05) is 18.6 Å². The number of hydrogen-bond donors (Lipinski definition) is 1. The summed E-state index contributed by atoms with van der Waals surface area (Å²) in [5, 5.41) is 0.668. The van der Waals surface area contributed by atoms with Gasteiger partial charge in [-0.3, -0.25) is 0 Å². The van der Waals surface area contributed by atoms with Crippen LogP contribution in [0, 0.1) is 0 Å². The van der Waals surface area contributed by atoms with Crippen LogP contribution in [0.2, 0.25) is 5.02 Å². The monoisotopic (exact) mass is 330 g/mol. The van der Waals surface area contributed by atoms with Gasteiger partial charge in [-0.2, -0.15) is 0 Å². The molecule has 1 aliphatic heterocycles. The van der Waals surface area contributed by atoms with Crippen LogP contribution in [-0.4, -0.2) is 38.6 Å². The molecule has 118 valence electrons. The van der Waals surface area contributed by atoms with Crippen molar-refractivity contribution in [3.63, 3.8) is 0 Å². The van der Waals surface area contributed by atoms with Crippen LogP contribution < -0.4 is 10.6 Å². The first kappa shape index (κ1) is 16.6. The molecule has 1 aliphatic rings. The van der Waals surface area contributed by atoms with Gasteiger partial charge in [0.2, 0.25) is 0 Å². The van der Waals surface area contributed by atoms with Gasteiger partial charge < -0.3 is 10.6 Å². The molecular formula is C15H23ClN2O2S. The lowest BCUT2D eigenvalue weighted by Crippen LogP contribution is -2.47. The Bertz CT molecular complexity index is 604. The highest BCUT2D eigenvalue weighted by Gasteiger charge is 2.30. The quantitative estimate of drug-likeness (QED) is 0.919. The number of nitrogens with two attached hydrogens (primary N) is 1. The molecule has 2 N–H and O–H groups in total. The minimum absolute atomic E-state index is 0.0692. The van der Waals surface area contributed by atoms with Gasteiger partial charge in [0.1, 0.15) is 0 Å². The molecular weight excluding hydrogens is 308 g/mol. The molecule has 4 nitrogen and oxygen atoms in total. The van der Waals surface area contributed by atoms with Gasteiger partial charge in [0.15, 0.2) is 9.84 Å². The molecule has 1 heterocycles. The Morgan fingerprint density at radius 2 is 2.19 bits per heavy atom. The van der Waals surface area contributed by atoms with Gasteiger partial charge >= 0.3 is 0 Å². The first-order valence-corrected chi connectivity index (χ1v) is 9.54. The highest BCUT2D eigenvalue weighted by Crippen LogP contribution is 2.33. The molecule has 0 saturated carbocycles. The molecule has 1 aromatic carbocycles. The van der Waals surface area contributed by atoms with Crippen LogP contribution in [0.4, 0.5) is 5.69 Å². The molecule has 0 spiro atoms. The first-order chi connectivity index (χ1) is 9.84. The third-order valence-corrected chi connectivity index (χ3v) is 6.13. The average Bonchev–Trinajstić information content (AvgIpc) is 2.39. The van der Waals surface area contributed by atoms with E-state index in [1.54, 1.807) is 0 Å². The van der Waals surface area contributed by atoms with Crippen LogP contribution in [0.15, 0.2) is 18.2 Å². The number of benzene rings is 1. The number of para-hydroxylation sites is 1. The number of rotatable bonds is 4. The molecule has 2 rings (SSSR count). The van der Waals surface area contributed by atoms with Crippen LogP contribution in [0.1, 0.15) is 25.8 Å². The predicted molar refractivity (Wildman–Crippen MR) is 88.9 cm³/mol. The number of hydrogen-bond acceptors (Lipinski definition) is 4. The summed E-state index contributed by atoms with van der Waals surface area (Å²) < 4.78 is 23.5. The lowest BCUT2D eigenvalue weighted by atomic mass is 10.0. The lowest BCUT2D eigenvalue weighted by molar-refractivity contribution is 0.567. The maximum absolute atomic E-state index is 11.8. The van der Waals surface area contributed by atoms with E-state index in [9.17, 15) is 8.42 Å². The zero-order valence-electron chi connectivity index (χ0n) is 12.5. The summed E-state index contributed by atoms with van der Waals surface area (Å²) in [5.74, 6) is 0.360. The Labute approximate surface area is 132 Å². The Balaban J connectivity index is 2.34. The Hall–Kier alpha value is -0.780. The summed E-state index contributed by atoms with van der Waals surface area (Å²) in [4.78, 5) is 2.11. The van der Waals surface area contributed by atoms with Crippen molar-refractivity contribution in [2.75, 3.05) is 23.0 Å². The number of nitrogens with zero attached hydrogens (tertiary/aromatic N) is 1. The Morgan fingerprint density at radius 3 is 2.81 bits per heavy atom. The molecule has 1 aromatic rings. The van der Waals surface area contributed by atoms with Crippen LogP contribution in [-0.2, 0) is 16.3 Å². The van der Waals surface area contributed by atoms with E-state index in [0.29, 0.717) is 11.6 Å². The molecule has 1 saturated heterocycles. The van der Waals surface area contributed by atoms with Crippen molar-refractivity contribution >= 4 is 27.1 Å². The van der Waals surface area contributed by atoms with Gasteiger partial charge in [0.25, 0.3) is 0 Å². The van der Waals surface area contributed by atoms with Crippen molar-refractivity contribution in [2.24, 2.45) is 5.73 Å². The van der Waals surface area contributed by atoms with E-state index in [4.69, 9.17) is 17.3 Å². The minimum Gasteiger partial charge on any atom is -0.365 e. The second-order valence-corrected chi connectivity index (χ2v) is 8.41. The van der Waals surface area contributed by atoms with Crippen molar-refractivity contribution in [3.8, 4) is 0 Å². The van der Waals surface area contributed by atoms with Gasteiger partial charge in [-0.15, -0.1) is 0 Å². The van der Waals surface area contributed by atoms with Gasteiger partial charge in [-0.05, 0) is 31.4 Å². The summed E-state index contributed by atoms with van der Waals surface area (Å²) in [5.41, 5.74) is 8.12. The third-order valence-electron chi connectivity index (χ3n) is 4.03. The SMILES string of the molecule is CCC(N)Cc1cccc(Cl)c1N1CCS(=O)(=O)CC1C. The largest absolute Gasteiger partial charge is 0.365 e. The van der Waals surface area contributed by atoms with E-state index >= 15 is 0 Å². The van der Waals surface area contributed by atoms with Crippen LogP contribution >= 0.6 is 11.6 Å². The van der Waals surface area contributed by atoms with Crippen molar-refractivity contribution in [2.45, 2.75) is 38.8 Å². The molecule has 2 atom stereocenters. The van der Waals surface area contributed by atoms with E-state index < -0.39 is 9.84 Å². The van der Waals surface area contributed by atoms with Gasteiger partial charge in [0.05, 0.1) is 22.2 Å². The molecule has 0 amide bonds. The Morgan fingerprint density at radius 1 is 1.48 bits per heavy atom. The summed E-state index contributed by atoms with van der Waals surface area (Å²) in [6.07, 6.45) is 1.65. The molecule has 21 heavy (non-hydrogen) atoms. The normalized spacial score (nSPS) is 23.0. The lowest BCUT2D eigenvalue weighted by Gasteiger charge is -2.37. The summed E-state index contributed by atoms with van der Waals surface area (Å²) in [6.45, 7) is 4.48. The molecule has 2 unspecified atom stereocenters. The highest BCUT2D eigenvalue weighted by atomic mass is 35.5. The molecule has 6 heteroatoms. The van der Waals surface area contributed by atoms with Crippen molar-refractivity contribution in [1.82, 2.24) is 0 Å². The molecule has 0 bridgehead atoms. The fraction of sp³-hybridized carbons (Fsp3) is 0.600. The summed E-state index contributed by atoms with van der Waals surface area (Å²) in [7, 11) is -2.94. The number of halogens is 1. The highest BCUT2D eigenvalue weighted by molar-refractivity contribution is 7.91. The average molecular weight is 331 g/mol. The zero-order valence-corrected chi connectivity index (χ0v) is 14.1. The molecule has 0 aliphatic carbocycles. The van der Waals surface area contributed by atoms with E-state index in [0.717, 1.165) is 24.1 Å². The topological polar surface area (TPSA) is 63.4 Å². The van der Waals surface area contributed by atoms with Gasteiger partial charge in [-0.25, -0.2) is 8.42 Å². The fourth-order valence-electron chi connectivity index (χ4n) is 2.80. The zero-order chi connectivity index (χ0) is 15.6.